The van der Waals surface area contributed by atoms with Gasteiger partial charge in [-0.25, -0.2) is 0 Å². The summed E-state index contributed by atoms with van der Waals surface area (Å²) in [5, 5.41) is 3.86. The maximum atomic E-state index is 3.86. The van der Waals surface area contributed by atoms with Gasteiger partial charge >= 0.3 is 0 Å². The van der Waals surface area contributed by atoms with Gasteiger partial charge in [-0.3, -0.25) is 0 Å². The van der Waals surface area contributed by atoms with Crippen LogP contribution < -0.4 is 5.32 Å². The summed E-state index contributed by atoms with van der Waals surface area (Å²) in [6.45, 7) is 15.5. The Morgan fingerprint density at radius 2 is 2.00 bits per heavy atom. The summed E-state index contributed by atoms with van der Waals surface area (Å²) in [4.78, 5) is 2.57. The van der Waals surface area contributed by atoms with Gasteiger partial charge in [-0.05, 0) is 50.1 Å². The Morgan fingerprint density at radius 1 is 1.30 bits per heavy atom. The summed E-state index contributed by atoms with van der Waals surface area (Å²) in [6.07, 6.45) is 6.70. The fourth-order valence-corrected chi connectivity index (χ4v) is 3.86. The molecule has 0 saturated heterocycles. The SMILES string of the molecule is CCCNC1C(CN(C)CC(C)CC)CCCC1(C)C. The van der Waals surface area contributed by atoms with Gasteiger partial charge < -0.3 is 10.2 Å². The van der Waals surface area contributed by atoms with Crippen molar-refractivity contribution in [1.82, 2.24) is 10.2 Å². The average molecular weight is 283 g/mol. The molecule has 0 radical (unpaired) electrons. The highest BCUT2D eigenvalue weighted by Crippen LogP contribution is 2.39. The number of rotatable bonds is 8. The molecule has 20 heavy (non-hydrogen) atoms. The van der Waals surface area contributed by atoms with E-state index in [1.165, 1.54) is 51.7 Å². The van der Waals surface area contributed by atoms with Crippen molar-refractivity contribution in [3.05, 3.63) is 0 Å². The molecule has 2 heteroatoms. The van der Waals surface area contributed by atoms with Gasteiger partial charge in [-0.2, -0.15) is 0 Å². The Bertz CT molecular complexity index is 262. The van der Waals surface area contributed by atoms with Crippen molar-refractivity contribution in [2.75, 3.05) is 26.7 Å². The van der Waals surface area contributed by atoms with Crippen LogP contribution in [-0.4, -0.2) is 37.6 Å². The monoisotopic (exact) mass is 282 g/mol. The van der Waals surface area contributed by atoms with Crippen LogP contribution in [-0.2, 0) is 0 Å². The fourth-order valence-electron chi connectivity index (χ4n) is 3.86. The standard InChI is InChI=1S/C18H38N2/c1-7-12-19-17-16(10-9-11-18(17,4)5)14-20(6)13-15(3)8-2/h15-17,19H,7-14H2,1-6H3. The van der Waals surface area contributed by atoms with Gasteiger partial charge in [-0.1, -0.05) is 47.5 Å². The third-order valence-corrected chi connectivity index (χ3v) is 5.19. The van der Waals surface area contributed by atoms with E-state index in [-0.39, 0.29) is 0 Å². The van der Waals surface area contributed by atoms with Gasteiger partial charge in [0.1, 0.15) is 0 Å². The third-order valence-electron chi connectivity index (χ3n) is 5.19. The predicted octanol–water partition coefficient (Wildman–Crippen LogP) is 4.16. The smallest absolute Gasteiger partial charge is 0.0159 e. The molecule has 1 saturated carbocycles. The lowest BCUT2D eigenvalue weighted by atomic mass is 9.67. The van der Waals surface area contributed by atoms with Gasteiger partial charge in [0.25, 0.3) is 0 Å². The largest absolute Gasteiger partial charge is 0.313 e. The van der Waals surface area contributed by atoms with E-state index in [2.05, 4.69) is 51.9 Å². The van der Waals surface area contributed by atoms with E-state index < -0.39 is 0 Å². The van der Waals surface area contributed by atoms with Crippen LogP contribution in [0.15, 0.2) is 0 Å². The number of nitrogens with one attached hydrogen (secondary N) is 1. The molecule has 1 fully saturated rings. The van der Waals surface area contributed by atoms with E-state index in [1.54, 1.807) is 0 Å². The van der Waals surface area contributed by atoms with Crippen molar-refractivity contribution >= 4 is 0 Å². The van der Waals surface area contributed by atoms with Crippen LogP contribution in [0.4, 0.5) is 0 Å². The highest BCUT2D eigenvalue weighted by atomic mass is 15.1. The molecule has 0 aliphatic heterocycles. The van der Waals surface area contributed by atoms with Crippen molar-refractivity contribution in [3.8, 4) is 0 Å². The normalized spacial score (nSPS) is 27.8. The number of hydrogen-bond acceptors (Lipinski definition) is 2. The molecule has 2 nitrogen and oxygen atoms in total. The lowest BCUT2D eigenvalue weighted by Crippen LogP contribution is -2.52. The first-order chi connectivity index (χ1) is 9.40. The van der Waals surface area contributed by atoms with Gasteiger partial charge in [0, 0.05) is 19.1 Å². The van der Waals surface area contributed by atoms with E-state index in [0.717, 1.165) is 11.8 Å². The molecule has 1 aliphatic carbocycles. The molecule has 1 aliphatic rings. The van der Waals surface area contributed by atoms with Crippen LogP contribution in [0, 0.1) is 17.3 Å². The molecule has 1 rings (SSSR count). The van der Waals surface area contributed by atoms with Crippen LogP contribution in [0.25, 0.3) is 0 Å². The Balaban J connectivity index is 2.59. The van der Waals surface area contributed by atoms with Gasteiger partial charge in [0.05, 0.1) is 0 Å². The number of hydrogen-bond donors (Lipinski definition) is 1. The van der Waals surface area contributed by atoms with Gasteiger partial charge in [-0.15, -0.1) is 0 Å². The first-order valence-corrected chi connectivity index (χ1v) is 8.82. The second kappa shape index (κ2) is 8.38. The second-order valence-corrected chi connectivity index (χ2v) is 7.81. The van der Waals surface area contributed by atoms with E-state index in [4.69, 9.17) is 0 Å². The zero-order valence-electron chi connectivity index (χ0n) is 14.8. The minimum absolute atomic E-state index is 0.454. The quantitative estimate of drug-likeness (QED) is 0.719. The lowest BCUT2D eigenvalue weighted by Gasteiger charge is -2.46. The highest BCUT2D eigenvalue weighted by Gasteiger charge is 2.38. The summed E-state index contributed by atoms with van der Waals surface area (Å²) >= 11 is 0. The summed E-state index contributed by atoms with van der Waals surface area (Å²) in [7, 11) is 2.31. The molecule has 3 atom stereocenters. The Hall–Kier alpha value is -0.0800. The van der Waals surface area contributed by atoms with E-state index in [1.807, 2.05) is 0 Å². The highest BCUT2D eigenvalue weighted by molar-refractivity contribution is 4.94. The molecule has 0 amide bonds. The van der Waals surface area contributed by atoms with E-state index in [9.17, 15) is 0 Å². The van der Waals surface area contributed by atoms with E-state index in [0.29, 0.717) is 11.5 Å². The summed E-state index contributed by atoms with van der Waals surface area (Å²) < 4.78 is 0. The van der Waals surface area contributed by atoms with Crippen LogP contribution in [0.3, 0.4) is 0 Å². The van der Waals surface area contributed by atoms with Crippen molar-refractivity contribution in [2.45, 2.75) is 72.8 Å². The molecular weight excluding hydrogens is 244 g/mol. The topological polar surface area (TPSA) is 15.3 Å². The van der Waals surface area contributed by atoms with Gasteiger partial charge in [0.2, 0.25) is 0 Å². The van der Waals surface area contributed by atoms with Gasteiger partial charge in [0.15, 0.2) is 0 Å². The number of nitrogens with zero attached hydrogens (tertiary/aromatic N) is 1. The Labute approximate surface area is 127 Å². The fraction of sp³-hybridized carbons (Fsp3) is 1.00. The lowest BCUT2D eigenvalue weighted by molar-refractivity contribution is 0.0820. The average Bonchev–Trinajstić information content (AvgIpc) is 2.37. The molecule has 0 aromatic rings. The maximum Gasteiger partial charge on any atom is 0.0159 e. The minimum Gasteiger partial charge on any atom is -0.313 e. The van der Waals surface area contributed by atoms with Crippen molar-refractivity contribution in [1.29, 1.82) is 0 Å². The summed E-state index contributed by atoms with van der Waals surface area (Å²) in [6, 6.07) is 0.690. The molecular formula is C18H38N2. The zero-order valence-corrected chi connectivity index (χ0v) is 14.8. The third kappa shape index (κ3) is 5.37. The second-order valence-electron chi connectivity index (χ2n) is 7.81. The maximum absolute atomic E-state index is 3.86. The zero-order chi connectivity index (χ0) is 15.2. The molecule has 0 aromatic heterocycles. The van der Waals surface area contributed by atoms with Crippen LogP contribution in [0.2, 0.25) is 0 Å². The van der Waals surface area contributed by atoms with Crippen molar-refractivity contribution < 1.29 is 0 Å². The molecule has 120 valence electrons. The summed E-state index contributed by atoms with van der Waals surface area (Å²) in [5.41, 5.74) is 0.454. The molecule has 1 N–H and O–H groups in total. The summed E-state index contributed by atoms with van der Waals surface area (Å²) in [5.74, 6) is 1.64. The molecule has 0 bridgehead atoms. The van der Waals surface area contributed by atoms with Crippen LogP contribution in [0.1, 0.15) is 66.7 Å². The van der Waals surface area contributed by atoms with Crippen LogP contribution in [0.5, 0.6) is 0 Å². The molecule has 0 aromatic carbocycles. The molecule has 3 unspecified atom stereocenters. The molecule has 0 heterocycles. The first kappa shape index (κ1) is 18.0. The minimum atomic E-state index is 0.454. The van der Waals surface area contributed by atoms with Crippen LogP contribution >= 0.6 is 0 Å². The Kier molecular flexibility index (Phi) is 7.53. The van der Waals surface area contributed by atoms with Crippen molar-refractivity contribution in [2.24, 2.45) is 17.3 Å². The van der Waals surface area contributed by atoms with Crippen molar-refractivity contribution in [3.63, 3.8) is 0 Å². The molecule has 0 spiro atoms. The Morgan fingerprint density at radius 3 is 2.60 bits per heavy atom. The predicted molar refractivity (Wildman–Crippen MR) is 90.2 cm³/mol. The van der Waals surface area contributed by atoms with E-state index >= 15 is 0 Å². The first-order valence-electron chi connectivity index (χ1n) is 8.82.